The maximum absolute atomic E-state index is 14.0. The number of halogens is 3. The van der Waals surface area contributed by atoms with Gasteiger partial charge in [0.05, 0.1) is 16.5 Å². The first-order valence-corrected chi connectivity index (χ1v) is 9.30. The van der Waals surface area contributed by atoms with Gasteiger partial charge in [0.15, 0.2) is 5.65 Å². The average molecular weight is 420 g/mol. The van der Waals surface area contributed by atoms with Gasteiger partial charge >= 0.3 is 12.1 Å². The van der Waals surface area contributed by atoms with E-state index in [4.69, 9.17) is 0 Å². The van der Waals surface area contributed by atoms with Gasteiger partial charge in [0, 0.05) is 37.6 Å². The summed E-state index contributed by atoms with van der Waals surface area (Å²) >= 11 is 0. The van der Waals surface area contributed by atoms with E-state index in [9.17, 15) is 23.1 Å². The normalized spacial score (nSPS) is 20.0. The maximum atomic E-state index is 14.0. The van der Waals surface area contributed by atoms with Crippen LogP contribution in [0.25, 0.3) is 16.9 Å². The molecule has 1 aliphatic heterocycles. The van der Waals surface area contributed by atoms with Crippen LogP contribution in [0.2, 0.25) is 0 Å². The van der Waals surface area contributed by atoms with E-state index >= 15 is 0 Å². The molecule has 30 heavy (non-hydrogen) atoms. The molecule has 0 unspecified atom stereocenters. The average Bonchev–Trinajstić information content (AvgIpc) is 3.10. The molecule has 1 fully saturated rings. The SMILES string of the molecule is C[C@@H]1CN(c2ncnc3c2c(C(F)(F)F)cn3-c2cc(C(=O)O)ccn2)[C@H](C)CN1. The second-order valence-corrected chi connectivity index (χ2v) is 7.32. The number of rotatable bonds is 3. The fraction of sp³-hybridized carbons (Fsp3) is 0.368. The van der Waals surface area contributed by atoms with Crippen LogP contribution in [-0.4, -0.2) is 55.8 Å². The van der Waals surface area contributed by atoms with E-state index in [0.717, 1.165) is 10.8 Å². The van der Waals surface area contributed by atoms with E-state index < -0.39 is 17.7 Å². The molecule has 1 saturated heterocycles. The van der Waals surface area contributed by atoms with Crippen LogP contribution in [0, 0.1) is 0 Å². The largest absolute Gasteiger partial charge is 0.478 e. The zero-order valence-corrected chi connectivity index (χ0v) is 16.2. The lowest BCUT2D eigenvalue weighted by Gasteiger charge is -2.38. The predicted octanol–water partition coefficient (Wildman–Crippen LogP) is 2.72. The molecule has 4 rings (SSSR count). The minimum atomic E-state index is -4.66. The van der Waals surface area contributed by atoms with Gasteiger partial charge in [-0.15, -0.1) is 0 Å². The Kier molecular flexibility index (Phi) is 4.85. The van der Waals surface area contributed by atoms with Crippen LogP contribution in [0.5, 0.6) is 0 Å². The first kappa shape index (κ1) is 20.1. The minimum absolute atomic E-state index is 0.0146. The van der Waals surface area contributed by atoms with Crippen LogP contribution in [0.3, 0.4) is 0 Å². The smallest absolute Gasteiger partial charge is 0.418 e. The molecular weight excluding hydrogens is 401 g/mol. The first-order valence-electron chi connectivity index (χ1n) is 9.30. The summed E-state index contributed by atoms with van der Waals surface area (Å²) in [7, 11) is 0. The number of fused-ring (bicyclic) bond motifs is 1. The molecule has 158 valence electrons. The number of anilines is 1. The summed E-state index contributed by atoms with van der Waals surface area (Å²) in [5, 5.41) is 12.4. The van der Waals surface area contributed by atoms with Gasteiger partial charge in [-0.1, -0.05) is 0 Å². The van der Waals surface area contributed by atoms with E-state index in [1.165, 1.54) is 24.7 Å². The summed E-state index contributed by atoms with van der Waals surface area (Å²) in [6.45, 7) is 4.96. The van der Waals surface area contributed by atoms with Crippen LogP contribution < -0.4 is 10.2 Å². The number of piperazine rings is 1. The molecule has 11 heteroatoms. The van der Waals surface area contributed by atoms with E-state index in [1.54, 1.807) is 0 Å². The quantitative estimate of drug-likeness (QED) is 0.673. The van der Waals surface area contributed by atoms with Crippen molar-refractivity contribution < 1.29 is 23.1 Å². The molecule has 0 amide bonds. The Morgan fingerprint density at radius 1 is 1.27 bits per heavy atom. The van der Waals surface area contributed by atoms with Crippen LogP contribution in [0.1, 0.15) is 29.8 Å². The summed E-state index contributed by atoms with van der Waals surface area (Å²) in [6.07, 6.45) is -1.31. The summed E-state index contributed by atoms with van der Waals surface area (Å²) in [5.74, 6) is -0.979. The second-order valence-electron chi connectivity index (χ2n) is 7.32. The molecule has 0 saturated carbocycles. The topological polar surface area (TPSA) is 96.2 Å². The molecule has 3 aromatic rings. The Morgan fingerprint density at radius 2 is 2.03 bits per heavy atom. The zero-order chi connectivity index (χ0) is 21.6. The Hall–Kier alpha value is -3.21. The maximum Gasteiger partial charge on any atom is 0.418 e. The lowest BCUT2D eigenvalue weighted by molar-refractivity contribution is -0.136. The van der Waals surface area contributed by atoms with Crippen molar-refractivity contribution in [2.45, 2.75) is 32.1 Å². The van der Waals surface area contributed by atoms with Crippen molar-refractivity contribution >= 4 is 22.8 Å². The van der Waals surface area contributed by atoms with Gasteiger partial charge in [-0.05, 0) is 26.0 Å². The molecule has 2 atom stereocenters. The number of aromatic carboxylic acids is 1. The number of alkyl halides is 3. The van der Waals surface area contributed by atoms with Gasteiger partial charge in [0.2, 0.25) is 0 Å². The Bertz CT molecular complexity index is 1110. The highest BCUT2D eigenvalue weighted by Crippen LogP contribution is 2.40. The standard InChI is InChI=1S/C19H19F3N6O2/c1-10-7-27(11(2)6-24-10)16-15-13(19(20,21)22)8-28(17(15)26-9-25-16)14-5-12(18(29)30)3-4-23-14/h3-5,8-11,24H,6-7H2,1-2H3,(H,29,30)/t10-,11-/m1/s1. The molecular formula is C19H19F3N6O2. The molecule has 0 aliphatic carbocycles. The van der Waals surface area contributed by atoms with Gasteiger partial charge in [0.25, 0.3) is 0 Å². The van der Waals surface area contributed by atoms with Gasteiger partial charge in [-0.25, -0.2) is 19.7 Å². The molecule has 3 aromatic heterocycles. The van der Waals surface area contributed by atoms with Gasteiger partial charge in [-0.2, -0.15) is 13.2 Å². The molecule has 8 nitrogen and oxygen atoms in total. The van der Waals surface area contributed by atoms with Crippen LogP contribution in [-0.2, 0) is 6.18 Å². The van der Waals surface area contributed by atoms with Crippen LogP contribution >= 0.6 is 0 Å². The predicted molar refractivity (Wildman–Crippen MR) is 103 cm³/mol. The number of carboxylic acid groups (broad SMARTS) is 1. The molecule has 1 aliphatic rings. The van der Waals surface area contributed by atoms with E-state index in [1.807, 2.05) is 18.7 Å². The monoisotopic (exact) mass is 420 g/mol. The van der Waals surface area contributed by atoms with Crippen molar-refractivity contribution in [2.75, 3.05) is 18.0 Å². The van der Waals surface area contributed by atoms with Crippen molar-refractivity contribution in [1.29, 1.82) is 0 Å². The molecule has 4 heterocycles. The van der Waals surface area contributed by atoms with Gasteiger partial charge in [0.1, 0.15) is 18.0 Å². The molecule has 0 spiro atoms. The van der Waals surface area contributed by atoms with Crippen molar-refractivity contribution in [3.8, 4) is 5.82 Å². The van der Waals surface area contributed by atoms with E-state index in [2.05, 4.69) is 20.3 Å². The summed E-state index contributed by atoms with van der Waals surface area (Å²) < 4.78 is 43.0. The summed E-state index contributed by atoms with van der Waals surface area (Å²) in [6, 6.07) is 2.49. The minimum Gasteiger partial charge on any atom is -0.478 e. The van der Waals surface area contributed by atoms with E-state index in [0.29, 0.717) is 13.1 Å². The van der Waals surface area contributed by atoms with Gasteiger partial charge < -0.3 is 15.3 Å². The van der Waals surface area contributed by atoms with Crippen molar-refractivity contribution in [1.82, 2.24) is 24.8 Å². The Morgan fingerprint density at radius 3 is 2.73 bits per heavy atom. The number of pyridine rings is 1. The highest BCUT2D eigenvalue weighted by Gasteiger charge is 2.38. The number of aromatic nitrogens is 4. The highest BCUT2D eigenvalue weighted by molar-refractivity contribution is 5.93. The Labute approximate surface area is 169 Å². The second kappa shape index (κ2) is 7.24. The number of carboxylic acids is 1. The third-order valence-corrected chi connectivity index (χ3v) is 5.14. The van der Waals surface area contributed by atoms with Crippen LogP contribution in [0.15, 0.2) is 30.9 Å². The van der Waals surface area contributed by atoms with Crippen LogP contribution in [0.4, 0.5) is 19.0 Å². The zero-order valence-electron chi connectivity index (χ0n) is 16.2. The number of hydrogen-bond donors (Lipinski definition) is 2. The molecule has 0 bridgehead atoms. The van der Waals surface area contributed by atoms with Crippen molar-refractivity contribution in [3.63, 3.8) is 0 Å². The van der Waals surface area contributed by atoms with Crippen molar-refractivity contribution in [3.05, 3.63) is 42.0 Å². The molecule has 2 N–H and O–H groups in total. The third-order valence-electron chi connectivity index (χ3n) is 5.14. The number of nitrogens with one attached hydrogen (secondary N) is 1. The summed E-state index contributed by atoms with van der Waals surface area (Å²) in [4.78, 5) is 25.5. The fourth-order valence-electron chi connectivity index (χ4n) is 3.65. The molecule has 0 radical (unpaired) electrons. The number of carbonyl (C=O) groups is 1. The lowest BCUT2D eigenvalue weighted by atomic mass is 10.1. The summed E-state index contributed by atoms with van der Waals surface area (Å²) in [5.41, 5.74) is -0.969. The fourth-order valence-corrected chi connectivity index (χ4v) is 3.65. The van der Waals surface area contributed by atoms with Crippen molar-refractivity contribution in [2.24, 2.45) is 0 Å². The first-order chi connectivity index (χ1) is 14.2. The number of nitrogens with zero attached hydrogens (tertiary/aromatic N) is 5. The molecule has 0 aromatic carbocycles. The number of hydrogen-bond acceptors (Lipinski definition) is 6. The lowest BCUT2D eigenvalue weighted by Crippen LogP contribution is -2.54. The Balaban J connectivity index is 1.97. The van der Waals surface area contributed by atoms with E-state index in [-0.39, 0.29) is 40.3 Å². The highest BCUT2D eigenvalue weighted by atomic mass is 19.4. The third kappa shape index (κ3) is 3.45. The van der Waals surface area contributed by atoms with Gasteiger partial charge in [-0.3, -0.25) is 4.57 Å².